The van der Waals surface area contributed by atoms with Gasteiger partial charge in [-0.25, -0.2) is 4.79 Å². The van der Waals surface area contributed by atoms with Crippen LogP contribution in [0.4, 0.5) is 29.3 Å². The number of amides is 3. The highest BCUT2D eigenvalue weighted by atomic mass is 32.2. The molecule has 1 saturated carbocycles. The van der Waals surface area contributed by atoms with Gasteiger partial charge in [0.1, 0.15) is 0 Å². The number of urea groups is 1. The van der Waals surface area contributed by atoms with Crippen molar-refractivity contribution in [3.05, 3.63) is 89.5 Å². The molecule has 220 valence electrons. The third-order valence-electron chi connectivity index (χ3n) is 6.79. The number of halogens is 3. The summed E-state index contributed by atoms with van der Waals surface area (Å²) in [6, 6.07) is 19.2. The number of rotatable bonds is 7. The van der Waals surface area contributed by atoms with Crippen molar-refractivity contribution in [3.63, 3.8) is 0 Å². The second kappa shape index (κ2) is 14.0. The highest BCUT2D eigenvalue weighted by Crippen LogP contribution is 2.38. The molecule has 0 aromatic heterocycles. The van der Waals surface area contributed by atoms with Crippen molar-refractivity contribution >= 4 is 41.0 Å². The van der Waals surface area contributed by atoms with E-state index in [1.54, 1.807) is 12.1 Å². The molecule has 1 aliphatic carbocycles. The van der Waals surface area contributed by atoms with E-state index in [2.05, 4.69) is 21.0 Å². The molecule has 1 fully saturated rings. The zero-order chi connectivity index (χ0) is 30.1. The van der Waals surface area contributed by atoms with Crippen LogP contribution in [0.2, 0.25) is 0 Å². The molecular formula is C29H30F3N7O2S. The minimum atomic E-state index is -4.45. The first-order valence-corrected chi connectivity index (χ1v) is 14.1. The molecule has 4 rings (SSSR count). The fraction of sp³-hybridized carbons (Fsp3) is 0.276. The Morgan fingerprint density at radius 2 is 1.69 bits per heavy atom. The Balaban J connectivity index is 1.55. The largest absolute Gasteiger partial charge is 0.446 e. The lowest BCUT2D eigenvalue weighted by atomic mass is 9.84. The topological polar surface area (TPSA) is 136 Å². The van der Waals surface area contributed by atoms with Crippen LogP contribution in [-0.4, -0.2) is 23.4 Å². The van der Waals surface area contributed by atoms with Gasteiger partial charge in [-0.2, -0.15) is 13.2 Å². The van der Waals surface area contributed by atoms with Crippen molar-refractivity contribution < 1.29 is 22.8 Å². The van der Waals surface area contributed by atoms with E-state index >= 15 is 0 Å². The molecule has 3 aromatic rings. The highest BCUT2D eigenvalue weighted by Gasteiger charge is 2.29. The fourth-order valence-electron chi connectivity index (χ4n) is 4.81. The molecular weight excluding hydrogens is 567 g/mol. The van der Waals surface area contributed by atoms with Gasteiger partial charge < -0.3 is 11.2 Å². The van der Waals surface area contributed by atoms with Crippen LogP contribution in [0, 0.1) is 5.41 Å². The molecule has 0 atom stereocenters. The molecule has 0 heterocycles. The molecule has 5 N–H and O–H groups in total. The first-order valence-electron chi connectivity index (χ1n) is 13.3. The number of hydrogen-bond acceptors (Lipinski definition) is 5. The normalized spacial score (nSPS) is 14.0. The summed E-state index contributed by atoms with van der Waals surface area (Å²) in [7, 11) is 0. The van der Waals surface area contributed by atoms with Gasteiger partial charge in [0, 0.05) is 21.8 Å². The molecule has 0 radical (unpaired) electrons. The Labute approximate surface area is 245 Å². The molecule has 13 heteroatoms. The predicted octanol–water partition coefficient (Wildman–Crippen LogP) is 7.58. The van der Waals surface area contributed by atoms with Crippen molar-refractivity contribution in [1.82, 2.24) is 5.32 Å². The number of hydrogen-bond donors (Lipinski definition) is 4. The number of alkyl halides is 3. The average Bonchev–Trinajstić information content (AvgIpc) is 2.96. The monoisotopic (exact) mass is 597 g/mol. The van der Waals surface area contributed by atoms with Gasteiger partial charge in [0.05, 0.1) is 6.54 Å². The maximum atomic E-state index is 13.5. The lowest BCUT2D eigenvalue weighted by Crippen LogP contribution is -2.34. The smallest absolute Gasteiger partial charge is 0.307 e. The van der Waals surface area contributed by atoms with Crippen LogP contribution < -0.4 is 21.4 Å². The number of nitrogens with two attached hydrogens (primary N) is 1. The maximum absolute atomic E-state index is 13.5. The highest BCUT2D eigenvalue weighted by molar-refractivity contribution is 8.00. The Kier molecular flexibility index (Phi) is 10.2. The third-order valence-corrected chi connectivity index (χ3v) is 7.51. The summed E-state index contributed by atoms with van der Waals surface area (Å²) in [5, 5.41) is 18.6. The van der Waals surface area contributed by atoms with Crippen molar-refractivity contribution in [2.75, 3.05) is 10.2 Å². The van der Waals surface area contributed by atoms with E-state index in [0.29, 0.717) is 17.2 Å². The minimum Gasteiger partial charge on any atom is -0.307 e. The number of nitrogens with zero attached hydrogens (tertiary/aromatic N) is 3. The summed E-state index contributed by atoms with van der Waals surface area (Å²) in [5.74, 6) is 4.28. The summed E-state index contributed by atoms with van der Waals surface area (Å²) in [5.41, 5.74) is -1.46. The van der Waals surface area contributed by atoms with Crippen LogP contribution in [0.3, 0.4) is 0 Å². The first kappa shape index (κ1) is 30.6. The molecule has 42 heavy (non-hydrogen) atoms. The third kappa shape index (κ3) is 8.80. The van der Waals surface area contributed by atoms with Crippen LogP contribution in [0.5, 0.6) is 0 Å². The van der Waals surface area contributed by atoms with Gasteiger partial charge in [-0.05, 0) is 84.1 Å². The molecule has 0 saturated heterocycles. The summed E-state index contributed by atoms with van der Waals surface area (Å²) in [4.78, 5) is 27.3. The van der Waals surface area contributed by atoms with Crippen LogP contribution in [0.1, 0.15) is 59.5 Å². The fourth-order valence-corrected chi connectivity index (χ4v) is 5.41. The maximum Gasteiger partial charge on any atom is 0.446 e. The first-order chi connectivity index (χ1) is 20.1. The van der Waals surface area contributed by atoms with Gasteiger partial charge in [-0.1, -0.05) is 59.9 Å². The number of anilines is 2. The summed E-state index contributed by atoms with van der Waals surface area (Å²) < 4.78 is 38.7. The quantitative estimate of drug-likeness (QED) is 0.0557. The summed E-state index contributed by atoms with van der Waals surface area (Å²) in [6.07, 6.45) is 5.89. The van der Waals surface area contributed by atoms with Gasteiger partial charge in [0.2, 0.25) is 5.96 Å². The minimum absolute atomic E-state index is 0.0430. The zero-order valence-electron chi connectivity index (χ0n) is 22.5. The summed E-state index contributed by atoms with van der Waals surface area (Å²) in [6.45, 7) is 0.116. The van der Waals surface area contributed by atoms with E-state index in [0.717, 1.165) is 12.8 Å². The number of thioether (sulfide) groups is 1. The molecule has 9 nitrogen and oxygen atoms in total. The summed E-state index contributed by atoms with van der Waals surface area (Å²) >= 11 is -0.254. The Hall–Kier alpha value is -4.39. The van der Waals surface area contributed by atoms with Crippen molar-refractivity contribution in [1.29, 1.82) is 5.41 Å². The van der Waals surface area contributed by atoms with Gasteiger partial charge in [-0.15, -0.1) is 0 Å². The van der Waals surface area contributed by atoms with Crippen LogP contribution in [-0.2, 0) is 6.54 Å². The van der Waals surface area contributed by atoms with Gasteiger partial charge in [0.15, 0.2) is 0 Å². The van der Waals surface area contributed by atoms with E-state index in [9.17, 15) is 22.8 Å². The van der Waals surface area contributed by atoms with E-state index in [1.807, 2.05) is 24.3 Å². The Bertz CT molecular complexity index is 1420. The number of carbonyl (C=O) groups excluding carboxylic acids is 2. The number of benzene rings is 3. The predicted molar refractivity (Wildman–Crippen MR) is 157 cm³/mol. The number of carbonyl (C=O) groups is 2. The van der Waals surface area contributed by atoms with Crippen LogP contribution in [0.15, 0.2) is 88.0 Å². The standard InChI is InChI=1S/C29H30F3N7O2S/c30-29(31,32)42-25-8-4-7-23(17-25)35-28(41)39(24-15-13-21(14-16-24)20-5-2-1-3-6-20)18-19-9-11-22(12-10-19)26(40)36-27(33)37-38-34/h4,7-17,20H,1-3,5-6,18H2,(H,35,41)(H4,33,34,36,37,40). The SMILES string of the molecule is N=C(N=NN)NC(=O)c1ccc(CN(C(=O)Nc2cccc(SC(F)(F)F)c2)c2ccc(C3CCCCC3)cc2)cc1. The van der Waals surface area contributed by atoms with Gasteiger partial charge in [0.25, 0.3) is 5.91 Å². The molecule has 0 bridgehead atoms. The molecule has 3 amide bonds. The lowest BCUT2D eigenvalue weighted by molar-refractivity contribution is -0.0328. The Morgan fingerprint density at radius 1 is 1.00 bits per heavy atom. The van der Waals surface area contributed by atoms with E-state index in [1.165, 1.54) is 66.1 Å². The van der Waals surface area contributed by atoms with Gasteiger partial charge in [-0.3, -0.25) is 20.4 Å². The molecule has 0 aliphatic heterocycles. The van der Waals surface area contributed by atoms with E-state index < -0.39 is 23.4 Å². The molecule has 1 aliphatic rings. The van der Waals surface area contributed by atoms with Crippen molar-refractivity contribution in [3.8, 4) is 0 Å². The second-order valence-corrected chi connectivity index (χ2v) is 10.9. The Morgan fingerprint density at radius 3 is 2.33 bits per heavy atom. The number of guanidine groups is 1. The van der Waals surface area contributed by atoms with Crippen LogP contribution >= 0.6 is 11.8 Å². The molecule has 0 unspecified atom stereocenters. The second-order valence-electron chi connectivity index (χ2n) is 9.73. The zero-order valence-corrected chi connectivity index (χ0v) is 23.3. The molecule has 0 spiro atoms. The van der Waals surface area contributed by atoms with Crippen LogP contribution in [0.25, 0.3) is 0 Å². The average molecular weight is 598 g/mol. The van der Waals surface area contributed by atoms with Gasteiger partial charge >= 0.3 is 11.5 Å². The number of nitrogens with one attached hydrogen (secondary N) is 3. The molecule has 3 aromatic carbocycles. The van der Waals surface area contributed by atoms with E-state index in [-0.39, 0.29) is 34.5 Å². The lowest BCUT2D eigenvalue weighted by Gasteiger charge is -2.26. The van der Waals surface area contributed by atoms with E-state index in [4.69, 9.17) is 11.3 Å². The van der Waals surface area contributed by atoms with Crippen molar-refractivity contribution in [2.45, 2.75) is 55.0 Å². The van der Waals surface area contributed by atoms with Crippen molar-refractivity contribution in [2.24, 2.45) is 16.2 Å².